The van der Waals surface area contributed by atoms with Crippen molar-refractivity contribution in [2.75, 3.05) is 6.54 Å². The summed E-state index contributed by atoms with van der Waals surface area (Å²) in [7, 11) is 0. The molecule has 1 N–H and O–H groups in total. The smallest absolute Gasteiger partial charge is 0.311 e. The number of esters is 1. The van der Waals surface area contributed by atoms with E-state index in [-0.39, 0.29) is 24.0 Å². The molecule has 2 bridgehead atoms. The summed E-state index contributed by atoms with van der Waals surface area (Å²) >= 11 is 5.96. The maximum Gasteiger partial charge on any atom is 0.311 e. The molecule has 0 amide bonds. The van der Waals surface area contributed by atoms with Gasteiger partial charge in [0, 0.05) is 13.1 Å². The molecule has 0 aromatic heterocycles. The van der Waals surface area contributed by atoms with Crippen molar-refractivity contribution >= 4 is 23.3 Å². The van der Waals surface area contributed by atoms with Gasteiger partial charge in [-0.2, -0.15) is 0 Å². The van der Waals surface area contributed by atoms with Gasteiger partial charge in [-0.3, -0.25) is 4.79 Å². The largest absolute Gasteiger partial charge is 0.457 e. The number of benzene rings is 1. The minimum Gasteiger partial charge on any atom is -0.457 e. The van der Waals surface area contributed by atoms with E-state index >= 15 is 0 Å². The van der Waals surface area contributed by atoms with Crippen LogP contribution in [0.15, 0.2) is 30.3 Å². The average Bonchev–Trinajstić information content (AvgIpc) is 2.98. The van der Waals surface area contributed by atoms with E-state index in [4.69, 9.17) is 17.0 Å². The zero-order valence-corrected chi connectivity index (χ0v) is 16.9. The Kier molecular flexibility index (Phi) is 4.79. The number of carbonyl (C=O) groups excluding carboxylic acids is 1. The number of ether oxygens (including phenoxy) is 1. The van der Waals surface area contributed by atoms with Crippen LogP contribution >= 0.6 is 12.2 Å². The molecule has 5 aliphatic rings. The van der Waals surface area contributed by atoms with E-state index in [0.29, 0.717) is 18.9 Å². The number of rotatable bonds is 4. The second-order valence-corrected chi connectivity index (χ2v) is 9.21. The number of aliphatic hydroxyl groups excluding tert-OH is 1. The number of nitrogens with zero attached hydrogens (tertiary/aromatic N) is 2. The topological polar surface area (TPSA) is 53.0 Å². The van der Waals surface area contributed by atoms with E-state index in [1.807, 2.05) is 18.2 Å². The second kappa shape index (κ2) is 7.30. The summed E-state index contributed by atoms with van der Waals surface area (Å²) in [6.07, 6.45) is 5.82. The lowest BCUT2D eigenvalue weighted by Gasteiger charge is -2.49. The zero-order valence-electron chi connectivity index (χ0n) is 16.1. The van der Waals surface area contributed by atoms with E-state index in [0.717, 1.165) is 11.7 Å². The normalized spacial score (nSPS) is 35.2. The van der Waals surface area contributed by atoms with Crippen molar-refractivity contribution in [2.45, 2.75) is 69.4 Å². The SMILES string of the molecule is O=C1O[C@@H]2[C@H]3[C@@H]([C@@H]1C[C@H]2O)N(CC1CCCCC1)C(=S)N3Cc1ccccc1. The van der Waals surface area contributed by atoms with Gasteiger partial charge in [-0.1, -0.05) is 49.6 Å². The molecule has 3 heterocycles. The van der Waals surface area contributed by atoms with Crippen molar-refractivity contribution in [1.82, 2.24) is 9.80 Å². The molecule has 3 saturated heterocycles. The maximum absolute atomic E-state index is 12.5. The van der Waals surface area contributed by atoms with Gasteiger partial charge in [0.25, 0.3) is 0 Å². The van der Waals surface area contributed by atoms with Gasteiger partial charge < -0.3 is 19.6 Å². The Hall–Kier alpha value is -1.66. The third-order valence-electron chi connectivity index (χ3n) is 7.11. The van der Waals surface area contributed by atoms with E-state index < -0.39 is 12.2 Å². The standard InChI is InChI=1S/C22H28N2O3S/c25-17-11-16-18-19(20(17)27-21(16)26)24(13-15-9-5-2-6-10-15)22(28)23(18)12-14-7-3-1-4-8-14/h2,5-6,9-10,14,16-20,25H,1,3-4,7-8,11-13H2/t16-,17+,18+,19+,20-/m0/s1. The molecular weight excluding hydrogens is 372 g/mol. The molecule has 2 aliphatic carbocycles. The van der Waals surface area contributed by atoms with Crippen molar-refractivity contribution in [3.05, 3.63) is 35.9 Å². The van der Waals surface area contributed by atoms with Crippen LogP contribution in [0.1, 0.15) is 44.1 Å². The molecule has 0 unspecified atom stereocenters. The number of aliphatic hydroxyl groups is 1. The molecule has 5 atom stereocenters. The molecule has 2 saturated carbocycles. The van der Waals surface area contributed by atoms with Gasteiger partial charge in [0.1, 0.15) is 6.10 Å². The lowest BCUT2D eigenvalue weighted by molar-refractivity contribution is -0.199. The highest BCUT2D eigenvalue weighted by molar-refractivity contribution is 7.80. The zero-order chi connectivity index (χ0) is 19.3. The second-order valence-electron chi connectivity index (χ2n) is 8.84. The van der Waals surface area contributed by atoms with Crippen molar-refractivity contribution in [3.8, 4) is 0 Å². The lowest BCUT2D eigenvalue weighted by Crippen LogP contribution is -2.66. The summed E-state index contributed by atoms with van der Waals surface area (Å²) in [6.45, 7) is 1.62. The molecule has 6 rings (SSSR count). The van der Waals surface area contributed by atoms with Crippen molar-refractivity contribution in [2.24, 2.45) is 11.8 Å². The fourth-order valence-corrected chi connectivity index (χ4v) is 6.17. The van der Waals surface area contributed by atoms with Crippen molar-refractivity contribution < 1.29 is 14.6 Å². The molecule has 150 valence electrons. The fourth-order valence-electron chi connectivity index (χ4n) is 5.78. The van der Waals surface area contributed by atoms with Crippen LogP contribution in [0, 0.1) is 11.8 Å². The third-order valence-corrected chi connectivity index (χ3v) is 7.58. The van der Waals surface area contributed by atoms with Gasteiger partial charge in [0.2, 0.25) is 0 Å². The number of carbonyl (C=O) groups is 1. The molecule has 0 spiro atoms. The first kappa shape index (κ1) is 18.4. The average molecular weight is 401 g/mol. The third kappa shape index (κ3) is 3.01. The number of hydrogen-bond acceptors (Lipinski definition) is 4. The number of thiocarbonyl (C=S) groups is 1. The number of fused-ring (bicyclic) bond motifs is 2. The highest BCUT2D eigenvalue weighted by Gasteiger charge is 2.62. The van der Waals surface area contributed by atoms with Crippen LogP contribution in [0.3, 0.4) is 0 Å². The molecule has 5 nitrogen and oxygen atoms in total. The van der Waals surface area contributed by atoms with Crippen LogP contribution in [0.5, 0.6) is 0 Å². The van der Waals surface area contributed by atoms with Crippen LogP contribution in [0.25, 0.3) is 0 Å². The minimum absolute atomic E-state index is 0.0350. The van der Waals surface area contributed by atoms with Gasteiger partial charge in [-0.15, -0.1) is 0 Å². The Bertz CT molecular complexity index is 751. The fraction of sp³-hybridized carbons (Fsp3) is 0.636. The van der Waals surface area contributed by atoms with Crippen molar-refractivity contribution in [3.63, 3.8) is 0 Å². The van der Waals surface area contributed by atoms with Gasteiger partial charge in [0.15, 0.2) is 5.11 Å². The van der Waals surface area contributed by atoms with Crippen LogP contribution in [0.2, 0.25) is 0 Å². The molecule has 28 heavy (non-hydrogen) atoms. The van der Waals surface area contributed by atoms with Gasteiger partial charge >= 0.3 is 5.97 Å². The van der Waals surface area contributed by atoms with E-state index in [1.165, 1.54) is 37.7 Å². The van der Waals surface area contributed by atoms with Crippen LogP contribution in [-0.2, 0) is 16.1 Å². The molecular formula is C22H28N2O3S. The summed E-state index contributed by atoms with van der Waals surface area (Å²) in [6, 6.07) is 10.3. The predicted octanol–water partition coefficient (Wildman–Crippen LogP) is 2.71. The monoisotopic (exact) mass is 400 g/mol. The maximum atomic E-state index is 12.5. The summed E-state index contributed by atoms with van der Waals surface area (Å²) in [5.74, 6) is 0.201. The Morgan fingerprint density at radius 3 is 2.57 bits per heavy atom. The van der Waals surface area contributed by atoms with E-state index in [1.54, 1.807) is 0 Å². The Morgan fingerprint density at radius 1 is 1.07 bits per heavy atom. The molecule has 1 aromatic carbocycles. The van der Waals surface area contributed by atoms with Crippen LogP contribution in [-0.4, -0.2) is 56.8 Å². The summed E-state index contributed by atoms with van der Waals surface area (Å²) in [5, 5.41) is 11.4. The molecule has 1 aromatic rings. The van der Waals surface area contributed by atoms with Crippen LogP contribution in [0.4, 0.5) is 0 Å². The summed E-state index contributed by atoms with van der Waals surface area (Å²) in [4.78, 5) is 17.1. The first-order chi connectivity index (χ1) is 13.6. The van der Waals surface area contributed by atoms with Crippen molar-refractivity contribution in [1.29, 1.82) is 0 Å². The van der Waals surface area contributed by atoms with Gasteiger partial charge in [-0.05, 0) is 43.0 Å². The first-order valence-corrected chi connectivity index (χ1v) is 11.0. The van der Waals surface area contributed by atoms with E-state index in [9.17, 15) is 9.90 Å². The van der Waals surface area contributed by atoms with Crippen LogP contribution < -0.4 is 0 Å². The minimum atomic E-state index is -0.598. The molecule has 3 aliphatic heterocycles. The predicted molar refractivity (Wildman–Crippen MR) is 109 cm³/mol. The number of hydrogen-bond donors (Lipinski definition) is 1. The Morgan fingerprint density at radius 2 is 1.82 bits per heavy atom. The molecule has 6 heteroatoms. The quantitative estimate of drug-likeness (QED) is 0.620. The Balaban J connectivity index is 1.46. The van der Waals surface area contributed by atoms with Gasteiger partial charge in [-0.25, -0.2) is 0 Å². The highest BCUT2D eigenvalue weighted by Crippen LogP contribution is 2.45. The Labute approximate surface area is 171 Å². The van der Waals surface area contributed by atoms with E-state index in [2.05, 4.69) is 21.9 Å². The first-order valence-electron chi connectivity index (χ1n) is 10.6. The summed E-state index contributed by atoms with van der Waals surface area (Å²) in [5.41, 5.74) is 1.19. The van der Waals surface area contributed by atoms with Gasteiger partial charge in [0.05, 0.1) is 24.1 Å². The highest BCUT2D eigenvalue weighted by atomic mass is 32.1. The summed E-state index contributed by atoms with van der Waals surface area (Å²) < 4.78 is 5.65. The molecule has 0 radical (unpaired) electrons. The molecule has 5 fully saturated rings. The lowest BCUT2D eigenvalue weighted by atomic mass is 9.74.